The lowest BCUT2D eigenvalue weighted by Gasteiger charge is -2.01. The van der Waals surface area contributed by atoms with Gasteiger partial charge in [-0.1, -0.05) is 43.0 Å². The zero-order valence-electron chi connectivity index (χ0n) is 9.30. The molecule has 0 heterocycles. The van der Waals surface area contributed by atoms with Crippen LogP contribution in [-0.2, 0) is 4.74 Å². The Kier molecular flexibility index (Phi) is 3.36. The van der Waals surface area contributed by atoms with E-state index in [9.17, 15) is 4.79 Å². The molecule has 84 valence electrons. The molecule has 2 aromatic rings. The SMILES string of the molecule is C=C/C=C/OC(=O)c1ccc2ccccc2c1. The summed E-state index contributed by atoms with van der Waals surface area (Å²) in [7, 11) is 0. The molecule has 0 bridgehead atoms. The van der Waals surface area contributed by atoms with Crippen LogP contribution >= 0.6 is 0 Å². The van der Waals surface area contributed by atoms with Gasteiger partial charge in [0.1, 0.15) is 0 Å². The van der Waals surface area contributed by atoms with Crippen molar-refractivity contribution < 1.29 is 9.53 Å². The van der Waals surface area contributed by atoms with E-state index in [1.807, 2.05) is 36.4 Å². The van der Waals surface area contributed by atoms with Gasteiger partial charge in [0.25, 0.3) is 0 Å². The molecule has 0 unspecified atom stereocenters. The number of benzene rings is 2. The van der Waals surface area contributed by atoms with Crippen LogP contribution in [0, 0.1) is 0 Å². The minimum Gasteiger partial charge on any atom is -0.431 e. The van der Waals surface area contributed by atoms with Crippen molar-refractivity contribution in [1.29, 1.82) is 0 Å². The average Bonchev–Trinajstić information content (AvgIpc) is 2.38. The first-order chi connectivity index (χ1) is 8.31. The number of ether oxygens (including phenoxy) is 1. The van der Waals surface area contributed by atoms with Crippen LogP contribution in [0.15, 0.2) is 67.5 Å². The topological polar surface area (TPSA) is 26.3 Å². The lowest BCUT2D eigenvalue weighted by molar-refractivity contribution is 0.0663. The van der Waals surface area contributed by atoms with Gasteiger partial charge in [-0.05, 0) is 29.0 Å². The van der Waals surface area contributed by atoms with Crippen molar-refractivity contribution in [2.75, 3.05) is 0 Å². The highest BCUT2D eigenvalue weighted by Gasteiger charge is 2.05. The summed E-state index contributed by atoms with van der Waals surface area (Å²) in [6.07, 6.45) is 4.44. The van der Waals surface area contributed by atoms with Crippen LogP contribution < -0.4 is 0 Å². The quantitative estimate of drug-likeness (QED) is 0.451. The van der Waals surface area contributed by atoms with Crippen molar-refractivity contribution in [3.63, 3.8) is 0 Å². The van der Waals surface area contributed by atoms with Gasteiger partial charge in [0, 0.05) is 0 Å². The molecule has 2 nitrogen and oxygen atoms in total. The minimum absolute atomic E-state index is 0.367. The molecule has 0 fully saturated rings. The van der Waals surface area contributed by atoms with E-state index in [2.05, 4.69) is 6.58 Å². The molecule has 0 amide bonds. The zero-order valence-corrected chi connectivity index (χ0v) is 9.30. The normalized spacial score (nSPS) is 10.6. The third-order valence-electron chi connectivity index (χ3n) is 2.37. The van der Waals surface area contributed by atoms with E-state index in [0.29, 0.717) is 5.56 Å². The Balaban J connectivity index is 2.26. The van der Waals surface area contributed by atoms with Gasteiger partial charge >= 0.3 is 5.97 Å². The molecular weight excluding hydrogens is 212 g/mol. The molecule has 0 radical (unpaired) electrons. The van der Waals surface area contributed by atoms with Gasteiger partial charge in [-0.2, -0.15) is 0 Å². The first-order valence-corrected chi connectivity index (χ1v) is 5.28. The van der Waals surface area contributed by atoms with Crippen molar-refractivity contribution in [3.05, 3.63) is 73.0 Å². The second-order valence-corrected chi connectivity index (χ2v) is 3.53. The van der Waals surface area contributed by atoms with E-state index in [1.165, 1.54) is 6.26 Å². The molecule has 0 saturated heterocycles. The summed E-state index contributed by atoms with van der Waals surface area (Å²) >= 11 is 0. The number of rotatable bonds is 3. The molecular formula is C15H12O2. The smallest absolute Gasteiger partial charge is 0.342 e. The largest absolute Gasteiger partial charge is 0.431 e. The lowest BCUT2D eigenvalue weighted by atomic mass is 10.1. The molecule has 0 atom stereocenters. The maximum Gasteiger partial charge on any atom is 0.342 e. The van der Waals surface area contributed by atoms with Crippen molar-refractivity contribution in [2.24, 2.45) is 0 Å². The second-order valence-electron chi connectivity index (χ2n) is 3.53. The Morgan fingerprint density at radius 3 is 2.65 bits per heavy atom. The molecule has 2 heteroatoms. The summed E-state index contributed by atoms with van der Waals surface area (Å²) in [5.74, 6) is -0.367. The Morgan fingerprint density at radius 2 is 1.88 bits per heavy atom. The molecule has 0 spiro atoms. The predicted octanol–water partition coefficient (Wildman–Crippen LogP) is 3.70. The van der Waals surface area contributed by atoms with Crippen LogP contribution in [0.1, 0.15) is 10.4 Å². The molecule has 2 aromatic carbocycles. The molecule has 0 saturated carbocycles. The van der Waals surface area contributed by atoms with Gasteiger partial charge in [0.2, 0.25) is 0 Å². The first-order valence-electron chi connectivity index (χ1n) is 5.28. The number of fused-ring (bicyclic) bond motifs is 1. The number of carbonyl (C=O) groups is 1. The summed E-state index contributed by atoms with van der Waals surface area (Å²) in [6, 6.07) is 13.4. The fourth-order valence-corrected chi connectivity index (χ4v) is 1.54. The third kappa shape index (κ3) is 2.61. The second kappa shape index (κ2) is 5.12. The molecule has 0 aliphatic rings. The molecule has 0 aliphatic heterocycles. The summed E-state index contributed by atoms with van der Waals surface area (Å²) < 4.78 is 4.93. The van der Waals surface area contributed by atoms with E-state index in [1.54, 1.807) is 18.2 Å². The van der Waals surface area contributed by atoms with Gasteiger partial charge in [-0.25, -0.2) is 4.79 Å². The standard InChI is InChI=1S/C15H12O2/c1-2-3-10-17-15(16)14-9-8-12-6-4-5-7-13(12)11-14/h2-11H,1H2/b10-3+. The summed E-state index contributed by atoms with van der Waals surface area (Å²) in [5.41, 5.74) is 0.539. The van der Waals surface area contributed by atoms with Crippen LogP contribution in [0.5, 0.6) is 0 Å². The van der Waals surface area contributed by atoms with E-state index < -0.39 is 0 Å². The van der Waals surface area contributed by atoms with Crippen LogP contribution in [0.25, 0.3) is 10.8 Å². The summed E-state index contributed by atoms with van der Waals surface area (Å²) in [5, 5.41) is 2.13. The van der Waals surface area contributed by atoms with Gasteiger partial charge in [0.15, 0.2) is 0 Å². The number of esters is 1. The summed E-state index contributed by atoms with van der Waals surface area (Å²) in [4.78, 5) is 11.7. The third-order valence-corrected chi connectivity index (χ3v) is 2.37. The predicted molar refractivity (Wildman–Crippen MR) is 68.7 cm³/mol. The maximum absolute atomic E-state index is 11.7. The Bertz CT molecular complexity index is 582. The van der Waals surface area contributed by atoms with E-state index >= 15 is 0 Å². The van der Waals surface area contributed by atoms with Gasteiger partial charge < -0.3 is 4.74 Å². The minimum atomic E-state index is -0.367. The van der Waals surface area contributed by atoms with E-state index in [0.717, 1.165) is 10.8 Å². The average molecular weight is 224 g/mol. The highest BCUT2D eigenvalue weighted by Crippen LogP contribution is 2.16. The Hall–Kier alpha value is -2.35. The van der Waals surface area contributed by atoms with E-state index in [4.69, 9.17) is 4.74 Å². The van der Waals surface area contributed by atoms with Crippen molar-refractivity contribution in [3.8, 4) is 0 Å². The van der Waals surface area contributed by atoms with E-state index in [-0.39, 0.29) is 5.97 Å². The summed E-state index contributed by atoms with van der Waals surface area (Å²) in [6.45, 7) is 3.49. The van der Waals surface area contributed by atoms with Gasteiger partial charge in [-0.15, -0.1) is 0 Å². The van der Waals surface area contributed by atoms with Gasteiger partial charge in [0.05, 0.1) is 11.8 Å². The Labute approximate surface area is 99.8 Å². The zero-order chi connectivity index (χ0) is 12.1. The van der Waals surface area contributed by atoms with Crippen molar-refractivity contribution in [2.45, 2.75) is 0 Å². The molecule has 2 rings (SSSR count). The van der Waals surface area contributed by atoms with Crippen LogP contribution in [0.3, 0.4) is 0 Å². The number of allylic oxidation sites excluding steroid dienone is 2. The molecule has 0 N–H and O–H groups in total. The van der Waals surface area contributed by atoms with Crippen LogP contribution in [-0.4, -0.2) is 5.97 Å². The van der Waals surface area contributed by atoms with Crippen LogP contribution in [0.2, 0.25) is 0 Å². The van der Waals surface area contributed by atoms with Crippen molar-refractivity contribution >= 4 is 16.7 Å². The highest BCUT2D eigenvalue weighted by molar-refractivity contribution is 5.95. The number of hydrogen-bond donors (Lipinski definition) is 0. The molecule has 17 heavy (non-hydrogen) atoms. The monoisotopic (exact) mass is 224 g/mol. The molecule has 0 aromatic heterocycles. The first kappa shape index (κ1) is 11.1. The maximum atomic E-state index is 11.7. The number of carbonyl (C=O) groups excluding carboxylic acids is 1. The lowest BCUT2D eigenvalue weighted by Crippen LogP contribution is -1.99. The number of hydrogen-bond acceptors (Lipinski definition) is 2. The van der Waals surface area contributed by atoms with Crippen LogP contribution in [0.4, 0.5) is 0 Å². The fourth-order valence-electron chi connectivity index (χ4n) is 1.54. The molecule has 0 aliphatic carbocycles. The fraction of sp³-hybridized carbons (Fsp3) is 0. The Morgan fingerprint density at radius 1 is 1.12 bits per heavy atom. The van der Waals surface area contributed by atoms with Crippen molar-refractivity contribution in [1.82, 2.24) is 0 Å². The highest BCUT2D eigenvalue weighted by atomic mass is 16.5. The van der Waals surface area contributed by atoms with Gasteiger partial charge in [-0.3, -0.25) is 0 Å².